The fourth-order valence-electron chi connectivity index (χ4n) is 3.58. The normalized spacial score (nSPS) is 11.8. The summed E-state index contributed by atoms with van der Waals surface area (Å²) < 4.78 is 5.49. The summed E-state index contributed by atoms with van der Waals surface area (Å²) in [5.41, 5.74) is 6.62. The monoisotopic (exact) mass is 401 g/mol. The first-order valence-electron chi connectivity index (χ1n) is 9.47. The van der Waals surface area contributed by atoms with Crippen molar-refractivity contribution in [2.45, 2.75) is 12.8 Å². The molecule has 0 bridgehead atoms. The maximum absolute atomic E-state index is 12.1. The van der Waals surface area contributed by atoms with Gasteiger partial charge in [-0.15, -0.1) is 0 Å². The number of rotatable bonds is 3. The number of benzene rings is 3. The first kappa shape index (κ1) is 19.1. The van der Waals surface area contributed by atoms with Crippen molar-refractivity contribution in [3.05, 3.63) is 94.0 Å². The molecule has 3 nitrogen and oxygen atoms in total. The third-order valence-electron chi connectivity index (χ3n) is 5.07. The van der Waals surface area contributed by atoms with E-state index in [9.17, 15) is 4.79 Å². The van der Waals surface area contributed by atoms with Crippen LogP contribution < -0.4 is 5.32 Å². The lowest BCUT2D eigenvalue weighted by atomic mass is 9.98. The van der Waals surface area contributed by atoms with Crippen molar-refractivity contribution in [3.63, 3.8) is 0 Å². The van der Waals surface area contributed by atoms with Crippen LogP contribution in [0.1, 0.15) is 28.2 Å². The molecule has 4 heteroatoms. The van der Waals surface area contributed by atoms with Gasteiger partial charge in [0.05, 0.1) is 6.54 Å². The molecule has 144 valence electrons. The molecule has 0 saturated heterocycles. The quantitative estimate of drug-likeness (QED) is 0.585. The minimum atomic E-state index is -0.469. The van der Waals surface area contributed by atoms with Gasteiger partial charge in [0, 0.05) is 16.5 Å². The molecular weight excluding hydrogens is 382 g/mol. The van der Waals surface area contributed by atoms with E-state index in [1.54, 1.807) is 0 Å². The lowest BCUT2D eigenvalue weighted by Gasteiger charge is -2.14. The number of fused-ring (bicyclic) bond motifs is 3. The van der Waals surface area contributed by atoms with E-state index in [0.717, 1.165) is 11.1 Å². The van der Waals surface area contributed by atoms with E-state index >= 15 is 0 Å². The maximum atomic E-state index is 12.1. The molecule has 0 aliphatic heterocycles. The van der Waals surface area contributed by atoms with E-state index in [-0.39, 0.29) is 12.5 Å². The van der Waals surface area contributed by atoms with E-state index in [0.29, 0.717) is 11.6 Å². The van der Waals surface area contributed by atoms with Gasteiger partial charge in [-0.25, -0.2) is 4.79 Å². The number of carbonyl (C=O) groups is 1. The Labute approximate surface area is 175 Å². The number of halogens is 1. The summed E-state index contributed by atoms with van der Waals surface area (Å²) in [4.78, 5) is 12.1. The second kappa shape index (κ2) is 8.43. The zero-order chi connectivity index (χ0) is 20.2. The van der Waals surface area contributed by atoms with Crippen LogP contribution in [0.25, 0.3) is 11.1 Å². The second-order valence-electron chi connectivity index (χ2n) is 6.94. The summed E-state index contributed by atoms with van der Waals surface area (Å²) in [6, 6.07) is 22.2. The van der Waals surface area contributed by atoms with Crippen LogP contribution in [0.3, 0.4) is 0 Å². The van der Waals surface area contributed by atoms with E-state index in [1.807, 2.05) is 49.4 Å². The van der Waals surface area contributed by atoms with E-state index in [1.165, 1.54) is 22.3 Å². The summed E-state index contributed by atoms with van der Waals surface area (Å²) in [6.07, 6.45) is -0.469. The molecule has 0 saturated carbocycles. The highest BCUT2D eigenvalue weighted by Gasteiger charge is 2.28. The molecule has 1 aliphatic rings. The third kappa shape index (κ3) is 4.13. The van der Waals surface area contributed by atoms with Crippen LogP contribution in [-0.2, 0) is 4.74 Å². The van der Waals surface area contributed by atoms with Gasteiger partial charge in [0.15, 0.2) is 0 Å². The molecule has 1 aliphatic carbocycles. The van der Waals surface area contributed by atoms with Crippen molar-refractivity contribution in [3.8, 4) is 23.0 Å². The number of nitrogens with one attached hydrogen (secondary N) is 1. The molecule has 0 radical (unpaired) electrons. The number of aryl methyl sites for hydroxylation is 1. The second-order valence-corrected chi connectivity index (χ2v) is 7.35. The first-order chi connectivity index (χ1) is 14.1. The molecule has 3 aromatic carbocycles. The number of ether oxygens (including phenoxy) is 1. The minimum Gasteiger partial charge on any atom is -0.449 e. The Hall–Kier alpha value is -3.22. The highest BCUT2D eigenvalue weighted by atomic mass is 35.5. The largest absolute Gasteiger partial charge is 0.449 e. The zero-order valence-electron chi connectivity index (χ0n) is 16.0. The summed E-state index contributed by atoms with van der Waals surface area (Å²) >= 11 is 6.09. The van der Waals surface area contributed by atoms with Crippen LogP contribution in [0.5, 0.6) is 0 Å². The molecule has 0 heterocycles. The zero-order valence-corrected chi connectivity index (χ0v) is 16.8. The van der Waals surface area contributed by atoms with Crippen LogP contribution in [0.4, 0.5) is 4.79 Å². The van der Waals surface area contributed by atoms with Gasteiger partial charge >= 0.3 is 6.09 Å². The van der Waals surface area contributed by atoms with Crippen molar-refractivity contribution < 1.29 is 9.53 Å². The van der Waals surface area contributed by atoms with Gasteiger partial charge in [0.2, 0.25) is 0 Å². The average molecular weight is 402 g/mol. The Bertz CT molecular complexity index is 1080. The van der Waals surface area contributed by atoms with Gasteiger partial charge in [-0.05, 0) is 46.9 Å². The molecule has 0 atom stereocenters. The van der Waals surface area contributed by atoms with Gasteiger partial charge < -0.3 is 10.1 Å². The summed E-state index contributed by atoms with van der Waals surface area (Å²) in [7, 11) is 0. The Morgan fingerprint density at radius 2 is 1.69 bits per heavy atom. The third-order valence-corrected chi connectivity index (χ3v) is 5.48. The molecule has 0 spiro atoms. The molecule has 0 fully saturated rings. The number of amides is 1. The standard InChI is InChI=1S/C25H20ClNO2/c1-17-12-13-18(15-24(17)26)7-6-14-27-25(28)29-16-23-21-10-4-2-8-19(21)20-9-3-5-11-22(20)23/h2-5,8-13,15,23H,14,16H2,1H3,(H,27,28). The number of carbonyl (C=O) groups excluding carboxylic acids is 1. The first-order valence-corrected chi connectivity index (χ1v) is 9.85. The van der Waals surface area contributed by atoms with Gasteiger partial charge in [-0.2, -0.15) is 0 Å². The molecular formula is C25H20ClNO2. The van der Waals surface area contributed by atoms with Crippen LogP contribution >= 0.6 is 11.6 Å². The van der Waals surface area contributed by atoms with Crippen LogP contribution in [0.15, 0.2) is 66.7 Å². The van der Waals surface area contributed by atoms with Crippen molar-refractivity contribution in [1.29, 1.82) is 0 Å². The summed E-state index contributed by atoms with van der Waals surface area (Å²) in [5.74, 6) is 5.95. The highest BCUT2D eigenvalue weighted by Crippen LogP contribution is 2.44. The summed E-state index contributed by atoms with van der Waals surface area (Å²) in [5, 5.41) is 3.36. The molecule has 29 heavy (non-hydrogen) atoms. The van der Waals surface area contributed by atoms with Crippen molar-refractivity contribution in [1.82, 2.24) is 5.32 Å². The van der Waals surface area contributed by atoms with Gasteiger partial charge in [-0.1, -0.05) is 78.0 Å². The maximum Gasteiger partial charge on any atom is 0.407 e. The Kier molecular flexibility index (Phi) is 5.55. The number of hydrogen-bond acceptors (Lipinski definition) is 2. The summed E-state index contributed by atoms with van der Waals surface area (Å²) in [6.45, 7) is 2.45. The lowest BCUT2D eigenvalue weighted by molar-refractivity contribution is 0.144. The van der Waals surface area contributed by atoms with Gasteiger partial charge in [0.1, 0.15) is 6.61 Å². The Balaban J connectivity index is 1.35. The Morgan fingerprint density at radius 1 is 1.03 bits per heavy atom. The molecule has 3 aromatic rings. The minimum absolute atomic E-state index is 0.0499. The van der Waals surface area contributed by atoms with E-state index < -0.39 is 6.09 Å². The van der Waals surface area contributed by atoms with Crippen molar-refractivity contribution in [2.75, 3.05) is 13.2 Å². The van der Waals surface area contributed by atoms with Crippen molar-refractivity contribution in [2.24, 2.45) is 0 Å². The highest BCUT2D eigenvalue weighted by molar-refractivity contribution is 6.31. The predicted molar refractivity (Wildman–Crippen MR) is 116 cm³/mol. The predicted octanol–water partition coefficient (Wildman–Crippen LogP) is 5.54. The average Bonchev–Trinajstić information content (AvgIpc) is 3.06. The molecule has 0 unspecified atom stereocenters. The van der Waals surface area contributed by atoms with Crippen LogP contribution in [0, 0.1) is 18.8 Å². The van der Waals surface area contributed by atoms with Crippen LogP contribution in [-0.4, -0.2) is 19.2 Å². The van der Waals surface area contributed by atoms with E-state index in [4.69, 9.17) is 16.3 Å². The van der Waals surface area contributed by atoms with Crippen molar-refractivity contribution >= 4 is 17.7 Å². The fourth-order valence-corrected chi connectivity index (χ4v) is 3.76. The number of alkyl carbamates (subject to hydrolysis) is 1. The fraction of sp³-hybridized carbons (Fsp3) is 0.160. The van der Waals surface area contributed by atoms with Gasteiger partial charge in [-0.3, -0.25) is 0 Å². The van der Waals surface area contributed by atoms with E-state index in [2.05, 4.69) is 41.4 Å². The lowest BCUT2D eigenvalue weighted by Crippen LogP contribution is -2.26. The molecule has 0 aromatic heterocycles. The Morgan fingerprint density at radius 3 is 2.34 bits per heavy atom. The SMILES string of the molecule is Cc1ccc(C#CCNC(=O)OCC2c3ccccc3-c3ccccc32)cc1Cl. The topological polar surface area (TPSA) is 38.3 Å². The number of hydrogen-bond donors (Lipinski definition) is 1. The smallest absolute Gasteiger partial charge is 0.407 e. The van der Waals surface area contributed by atoms with Gasteiger partial charge in [0.25, 0.3) is 0 Å². The molecule has 1 amide bonds. The molecule has 4 rings (SSSR count). The molecule has 1 N–H and O–H groups in total. The van der Waals surface area contributed by atoms with Crippen LogP contribution in [0.2, 0.25) is 5.02 Å².